The molecule has 0 aliphatic carbocycles. The molecular formula is C53H66N8O4S2. The molecule has 0 radical (unpaired) electrons. The zero-order valence-electron chi connectivity index (χ0n) is 40.2. The number of fused-ring (bicyclic) bond motifs is 6. The molecule has 0 bridgehead atoms. The molecule has 8 rings (SSSR count). The molecule has 4 aromatic carbocycles. The summed E-state index contributed by atoms with van der Waals surface area (Å²) in [7, 11) is 0. The number of rotatable bonds is 18. The molecule has 14 heteroatoms. The van der Waals surface area contributed by atoms with Crippen LogP contribution in [0.2, 0.25) is 0 Å². The average molecular weight is 943 g/mol. The van der Waals surface area contributed by atoms with Crippen LogP contribution in [0.3, 0.4) is 0 Å². The first-order valence-electron chi connectivity index (χ1n) is 23.5. The van der Waals surface area contributed by atoms with Gasteiger partial charge < -0.3 is 25.5 Å². The number of carboxylic acid groups (broad SMARTS) is 1. The highest BCUT2D eigenvalue weighted by atomic mass is 32.1. The van der Waals surface area contributed by atoms with Gasteiger partial charge in [0, 0.05) is 47.7 Å². The fourth-order valence-corrected chi connectivity index (χ4v) is 10.1. The van der Waals surface area contributed by atoms with Crippen molar-refractivity contribution >= 4 is 71.3 Å². The van der Waals surface area contributed by atoms with Crippen LogP contribution in [0, 0.1) is 0 Å². The Kier molecular flexibility index (Phi) is 18.2. The summed E-state index contributed by atoms with van der Waals surface area (Å²) in [5, 5.41) is 13.0. The number of benzene rings is 4. The first kappa shape index (κ1) is 50.5. The maximum Gasteiger partial charge on any atom is 0.290 e. The summed E-state index contributed by atoms with van der Waals surface area (Å²) >= 11 is 3.25. The monoisotopic (exact) mass is 942 g/mol. The number of hydrogen-bond donors (Lipinski definition) is 3. The van der Waals surface area contributed by atoms with Crippen molar-refractivity contribution in [2.75, 3.05) is 52.4 Å². The minimum atomic E-state index is -0.250. The lowest BCUT2D eigenvalue weighted by molar-refractivity contribution is -0.122. The van der Waals surface area contributed by atoms with Crippen molar-refractivity contribution in [2.45, 2.75) is 80.1 Å². The van der Waals surface area contributed by atoms with Gasteiger partial charge >= 0.3 is 0 Å². The molecule has 0 aliphatic rings. The van der Waals surface area contributed by atoms with Gasteiger partial charge in [-0.2, -0.15) is 0 Å². The van der Waals surface area contributed by atoms with Gasteiger partial charge in [-0.15, -0.1) is 0 Å². The Bertz CT molecular complexity index is 2690. The summed E-state index contributed by atoms with van der Waals surface area (Å²) in [5.74, 6) is 0.954. The van der Waals surface area contributed by atoms with Crippen molar-refractivity contribution in [2.24, 2.45) is 0 Å². The van der Waals surface area contributed by atoms with E-state index in [1.54, 1.807) is 22.7 Å². The number of carbonyl (C=O) groups excluding carboxylic acids is 2. The Morgan fingerprint density at radius 1 is 0.627 bits per heavy atom. The Hall–Kier alpha value is -5.93. The van der Waals surface area contributed by atoms with Crippen molar-refractivity contribution in [1.82, 2.24) is 39.2 Å². The van der Waals surface area contributed by atoms with E-state index < -0.39 is 0 Å². The van der Waals surface area contributed by atoms with E-state index in [0.29, 0.717) is 36.1 Å². The minimum Gasteiger partial charge on any atom is -0.483 e. The highest BCUT2D eigenvalue weighted by Crippen LogP contribution is 2.33. The minimum absolute atomic E-state index is 0.0105. The van der Waals surface area contributed by atoms with Crippen molar-refractivity contribution in [3.63, 3.8) is 0 Å². The summed E-state index contributed by atoms with van der Waals surface area (Å²) in [6.07, 6.45) is 6.12. The fraction of sp³-hybridized carbons (Fsp3) is 0.377. The number of hydrogen-bond acceptors (Lipinski definition) is 9. The second-order valence-corrected chi connectivity index (χ2v) is 19.1. The van der Waals surface area contributed by atoms with Gasteiger partial charge in [0.05, 0.1) is 31.8 Å². The topological polar surface area (TPSA) is 137 Å². The molecule has 4 heterocycles. The van der Waals surface area contributed by atoms with E-state index in [1.165, 1.54) is 11.1 Å². The fourth-order valence-electron chi connectivity index (χ4n) is 7.97. The third-order valence-electron chi connectivity index (χ3n) is 12.1. The Morgan fingerprint density at radius 3 is 1.37 bits per heavy atom. The molecule has 0 aliphatic heterocycles. The van der Waals surface area contributed by atoms with Crippen LogP contribution in [0.4, 0.5) is 0 Å². The molecule has 0 fully saturated rings. The Morgan fingerprint density at radius 2 is 1.01 bits per heavy atom. The van der Waals surface area contributed by atoms with Crippen LogP contribution < -0.4 is 10.6 Å². The molecule has 0 saturated heterocycles. The molecule has 2 amide bonds. The summed E-state index contributed by atoms with van der Waals surface area (Å²) < 4.78 is 6.41. The standard InChI is InChI=1S/2C26H32N4OS.CH2O2/c2*1-5-29(6-2)14-8-13-27-25(31)21-11-12-23-24(16-21)32-26-28-22(17-30(23)26)20-10-7-9-19(15-20)18(3)4;2-1-3/h2*7,9-12,15-18H,5-6,8,13-14H2,1-4H3,(H,27,31);1H,(H,2,3). The molecule has 0 atom stereocenters. The Balaban J connectivity index is 0.000000209. The zero-order valence-corrected chi connectivity index (χ0v) is 41.8. The van der Waals surface area contributed by atoms with Gasteiger partial charge in [-0.3, -0.25) is 23.2 Å². The smallest absolute Gasteiger partial charge is 0.290 e. The first-order valence-corrected chi connectivity index (χ1v) is 25.2. The maximum absolute atomic E-state index is 12.6. The molecule has 0 spiro atoms. The van der Waals surface area contributed by atoms with Crippen molar-refractivity contribution in [1.29, 1.82) is 0 Å². The second kappa shape index (κ2) is 24.2. The number of thiazole rings is 2. The zero-order chi connectivity index (χ0) is 48.0. The number of carbonyl (C=O) groups is 3. The first-order chi connectivity index (χ1) is 32.4. The van der Waals surface area contributed by atoms with Gasteiger partial charge in [-0.1, -0.05) is 114 Å². The third-order valence-corrected chi connectivity index (χ3v) is 14.1. The number of aromatic nitrogens is 4. The molecule has 354 valence electrons. The van der Waals surface area contributed by atoms with Crippen LogP contribution in [-0.4, -0.2) is 104 Å². The normalized spacial score (nSPS) is 11.5. The summed E-state index contributed by atoms with van der Waals surface area (Å²) in [4.78, 5) is 49.9. The van der Waals surface area contributed by atoms with Crippen LogP contribution in [0.1, 0.15) is 112 Å². The van der Waals surface area contributed by atoms with Crippen LogP contribution in [0.5, 0.6) is 0 Å². The molecule has 4 aromatic heterocycles. The van der Waals surface area contributed by atoms with Gasteiger partial charge in [0.1, 0.15) is 0 Å². The molecular weight excluding hydrogens is 877 g/mol. The van der Waals surface area contributed by atoms with E-state index in [9.17, 15) is 9.59 Å². The van der Waals surface area contributed by atoms with E-state index in [-0.39, 0.29) is 18.3 Å². The number of imidazole rings is 2. The summed E-state index contributed by atoms with van der Waals surface area (Å²) in [6, 6.07) is 29.0. The molecule has 67 heavy (non-hydrogen) atoms. The van der Waals surface area contributed by atoms with E-state index in [0.717, 1.165) is 105 Å². The lowest BCUT2D eigenvalue weighted by Gasteiger charge is -2.17. The van der Waals surface area contributed by atoms with Gasteiger partial charge in [-0.25, -0.2) is 9.97 Å². The predicted octanol–water partition coefficient (Wildman–Crippen LogP) is 11.3. The SMILES string of the molecule is CCN(CC)CCCNC(=O)c1ccc2c(c1)sc1nc(-c3cccc(C(C)C)c3)cn12.CCN(CC)CCCNC(=O)c1ccc2c(c1)sc1nc(-c3cccc(C(C)C)c3)cn12.O=CO. The highest BCUT2D eigenvalue weighted by Gasteiger charge is 2.16. The van der Waals surface area contributed by atoms with E-state index >= 15 is 0 Å². The lowest BCUT2D eigenvalue weighted by Crippen LogP contribution is -2.29. The lowest BCUT2D eigenvalue weighted by atomic mass is 10.00. The van der Waals surface area contributed by atoms with E-state index in [4.69, 9.17) is 19.9 Å². The van der Waals surface area contributed by atoms with Crippen LogP contribution >= 0.6 is 22.7 Å². The predicted molar refractivity (Wildman–Crippen MR) is 278 cm³/mol. The third kappa shape index (κ3) is 12.7. The number of nitrogens with one attached hydrogen (secondary N) is 2. The van der Waals surface area contributed by atoms with Crippen molar-refractivity contribution in [3.05, 3.63) is 120 Å². The van der Waals surface area contributed by atoms with Crippen LogP contribution in [0.15, 0.2) is 97.3 Å². The van der Waals surface area contributed by atoms with Crippen LogP contribution in [0.25, 0.3) is 52.9 Å². The summed E-state index contributed by atoms with van der Waals surface area (Å²) in [6.45, 7) is 24.8. The average Bonchev–Trinajstić information content (AvgIpc) is 4.12. The number of nitrogens with zero attached hydrogens (tertiary/aromatic N) is 6. The maximum atomic E-state index is 12.6. The van der Waals surface area contributed by atoms with Crippen molar-refractivity contribution in [3.8, 4) is 22.5 Å². The highest BCUT2D eigenvalue weighted by molar-refractivity contribution is 7.24. The number of amides is 2. The molecule has 12 nitrogen and oxygen atoms in total. The second-order valence-electron chi connectivity index (χ2n) is 17.1. The molecule has 8 aromatic rings. The van der Waals surface area contributed by atoms with Gasteiger partial charge in [0.25, 0.3) is 18.3 Å². The molecule has 0 saturated carbocycles. The molecule has 3 N–H and O–H groups in total. The molecule has 0 unspecified atom stereocenters. The van der Waals surface area contributed by atoms with Gasteiger partial charge in [-0.05, 0) is 124 Å². The largest absolute Gasteiger partial charge is 0.483 e. The van der Waals surface area contributed by atoms with Gasteiger partial charge in [0.15, 0.2) is 9.92 Å². The van der Waals surface area contributed by atoms with Crippen LogP contribution in [-0.2, 0) is 4.79 Å². The Labute approximate surface area is 402 Å². The van der Waals surface area contributed by atoms with E-state index in [1.807, 2.05) is 36.4 Å². The quantitative estimate of drug-likeness (QED) is 0.0571. The van der Waals surface area contributed by atoms with E-state index in [2.05, 4.69) is 146 Å². The van der Waals surface area contributed by atoms with Crippen molar-refractivity contribution < 1.29 is 19.5 Å². The summed E-state index contributed by atoms with van der Waals surface area (Å²) in [5.41, 5.74) is 10.5. The van der Waals surface area contributed by atoms with Gasteiger partial charge in [0.2, 0.25) is 0 Å².